The van der Waals surface area contributed by atoms with Crippen molar-refractivity contribution in [2.75, 3.05) is 44.7 Å². The highest BCUT2D eigenvalue weighted by Gasteiger charge is 2.42. The van der Waals surface area contributed by atoms with Crippen molar-refractivity contribution in [3.05, 3.63) is 18.2 Å². The number of carbonyl (C=O) groups excluding carboxylic acids is 14. The van der Waals surface area contributed by atoms with Crippen LogP contribution in [-0.4, -0.2) is 244 Å². The normalized spacial score (nSPS) is 16.9. The molecule has 2 saturated heterocycles. The SMILES string of the molecule is CC[C@H](C)[C@H](NC(=O)[C@H](CCCN=C(N)N)NC(=O)[C@H](CC(N)=O)NC(=O)[C@H](Cc1cnc[nH]1)NC(=O)[C@@H]1CCCN1C(=O)[C@@H]1CCCN1)C(=O)N[C@@H](CCC(N)=O)C(=O)N[C@@H](CCCN=C(N)N)C(=O)N[C@@H](CCCN=C(N)N)C(=O)N[C@@H](CC(C)C)C(=O)N[C@@H](CC(N)=O)C(=O)N[C@@H](CCSC)C(=O)O. The summed E-state index contributed by atoms with van der Waals surface area (Å²) in [6.45, 7) is 7.27. The lowest BCUT2D eigenvalue weighted by atomic mass is 9.96. The third-order valence-corrected chi connectivity index (χ3v) is 17.9. The van der Waals surface area contributed by atoms with Gasteiger partial charge in [-0.2, -0.15) is 11.8 Å². The molecule has 0 unspecified atom stereocenters. The molecule has 13 atom stereocenters. The number of hydrogen-bond acceptors (Lipinski definition) is 21. The number of primary amides is 3. The fraction of sp³-hybridized carbons (Fsp3) is 0.672. The molecule has 31 N–H and O–H groups in total. The van der Waals surface area contributed by atoms with Gasteiger partial charge in [-0.1, -0.05) is 34.1 Å². The average Bonchev–Trinajstić information content (AvgIpc) is 1.73. The van der Waals surface area contributed by atoms with Gasteiger partial charge in [0.2, 0.25) is 82.7 Å². The molecule has 0 spiro atoms. The average molecular weight is 1530 g/mol. The van der Waals surface area contributed by atoms with Gasteiger partial charge in [0.15, 0.2) is 17.9 Å². The van der Waals surface area contributed by atoms with Crippen molar-refractivity contribution in [2.24, 2.45) is 78.4 Å². The number of likely N-dealkylation sites (tertiary alicyclic amines) is 1. The van der Waals surface area contributed by atoms with E-state index in [0.29, 0.717) is 43.8 Å². The van der Waals surface area contributed by atoms with Crippen LogP contribution in [0.15, 0.2) is 27.5 Å². The summed E-state index contributed by atoms with van der Waals surface area (Å²) in [7, 11) is 0. The Kier molecular flexibility index (Phi) is 39.8. The van der Waals surface area contributed by atoms with Crippen molar-refractivity contribution < 1.29 is 77.0 Å². The molecule has 107 heavy (non-hydrogen) atoms. The van der Waals surface area contributed by atoms with E-state index in [0.717, 1.165) is 6.42 Å². The molecule has 2 fully saturated rings. The highest BCUT2D eigenvalue weighted by Crippen LogP contribution is 2.22. The first-order valence-corrected chi connectivity index (χ1v) is 36.7. The van der Waals surface area contributed by atoms with Crippen LogP contribution in [0.5, 0.6) is 0 Å². The second-order valence-corrected chi connectivity index (χ2v) is 27.5. The van der Waals surface area contributed by atoms with Crippen LogP contribution in [0.3, 0.4) is 0 Å². The number of nitrogens with two attached hydrogens (primary N) is 9. The highest BCUT2D eigenvalue weighted by atomic mass is 32.2. The number of thioether (sulfide) groups is 1. The Hall–Kier alpha value is -10.6. The summed E-state index contributed by atoms with van der Waals surface area (Å²) in [4.78, 5) is 227. The quantitative estimate of drug-likeness (QED) is 0.0164. The van der Waals surface area contributed by atoms with Crippen LogP contribution in [-0.2, 0) is 78.3 Å². The van der Waals surface area contributed by atoms with Gasteiger partial charge < -0.3 is 125 Å². The number of hydrogen-bond donors (Lipinski definition) is 22. The zero-order valence-corrected chi connectivity index (χ0v) is 61.9. The summed E-state index contributed by atoms with van der Waals surface area (Å²) < 4.78 is 0. The number of amides is 14. The molecule has 2 aliphatic rings. The smallest absolute Gasteiger partial charge is 0.326 e. The molecule has 0 saturated carbocycles. The highest BCUT2D eigenvalue weighted by molar-refractivity contribution is 7.98. The number of guanidine groups is 3. The lowest BCUT2D eigenvalue weighted by Crippen LogP contribution is -2.61. The van der Waals surface area contributed by atoms with Crippen molar-refractivity contribution in [2.45, 2.75) is 216 Å². The van der Waals surface area contributed by atoms with E-state index in [1.54, 1.807) is 34.0 Å². The number of aliphatic carboxylic acids is 1. The molecule has 598 valence electrons. The van der Waals surface area contributed by atoms with Gasteiger partial charge in [0.05, 0.1) is 25.2 Å². The lowest BCUT2D eigenvalue weighted by Gasteiger charge is -2.30. The predicted molar refractivity (Wildman–Crippen MR) is 393 cm³/mol. The van der Waals surface area contributed by atoms with E-state index >= 15 is 0 Å². The summed E-state index contributed by atoms with van der Waals surface area (Å²) in [5, 5.41) is 38.2. The maximum absolute atomic E-state index is 14.8. The van der Waals surface area contributed by atoms with Crippen LogP contribution in [0.1, 0.15) is 143 Å². The van der Waals surface area contributed by atoms with Crippen LogP contribution < -0.4 is 110 Å². The monoisotopic (exact) mass is 1530 g/mol. The lowest BCUT2D eigenvalue weighted by molar-refractivity contribution is -0.142. The molecule has 0 aliphatic carbocycles. The number of imidazole rings is 1. The van der Waals surface area contributed by atoms with Crippen molar-refractivity contribution in [3.63, 3.8) is 0 Å². The van der Waals surface area contributed by atoms with Gasteiger partial charge in [0.25, 0.3) is 0 Å². The first-order chi connectivity index (χ1) is 50.5. The van der Waals surface area contributed by atoms with Gasteiger partial charge in [0, 0.05) is 50.9 Å². The number of aromatic amines is 1. The fourth-order valence-electron chi connectivity index (χ4n) is 11.5. The molecule has 3 rings (SSSR count). The van der Waals surface area contributed by atoms with E-state index < -0.39 is 187 Å². The summed E-state index contributed by atoms with van der Waals surface area (Å²) in [5.74, 6) is -16.5. The number of aliphatic imine (C=N–C) groups is 3. The first kappa shape index (κ1) is 90.6. The van der Waals surface area contributed by atoms with E-state index in [-0.39, 0.29) is 114 Å². The summed E-state index contributed by atoms with van der Waals surface area (Å²) in [5.41, 5.74) is 50.4. The Balaban J connectivity index is 2.02. The van der Waals surface area contributed by atoms with Crippen molar-refractivity contribution in [1.82, 2.24) is 73.4 Å². The van der Waals surface area contributed by atoms with Crippen LogP contribution >= 0.6 is 11.8 Å². The second-order valence-electron chi connectivity index (χ2n) is 26.5. The van der Waals surface area contributed by atoms with Gasteiger partial charge in [-0.15, -0.1) is 0 Å². The van der Waals surface area contributed by atoms with Gasteiger partial charge >= 0.3 is 5.97 Å². The largest absolute Gasteiger partial charge is 0.480 e. The van der Waals surface area contributed by atoms with Crippen molar-refractivity contribution in [1.29, 1.82) is 0 Å². The topological polar surface area (TPSA) is 712 Å². The Morgan fingerprint density at radius 1 is 0.542 bits per heavy atom. The maximum atomic E-state index is 14.8. The number of carboxylic acid groups (broad SMARTS) is 1. The van der Waals surface area contributed by atoms with Gasteiger partial charge in [-0.05, 0) is 114 Å². The minimum Gasteiger partial charge on any atom is -0.480 e. The Labute approximate surface area is 623 Å². The van der Waals surface area contributed by atoms with E-state index in [1.165, 1.54) is 29.2 Å². The number of H-pyrrole nitrogens is 1. The zero-order valence-electron chi connectivity index (χ0n) is 61.1. The van der Waals surface area contributed by atoms with E-state index in [1.807, 2.05) is 0 Å². The second kappa shape index (κ2) is 47.0. The Morgan fingerprint density at radius 2 is 0.981 bits per heavy atom. The molecule has 1 aromatic rings. The molecule has 0 bridgehead atoms. The zero-order chi connectivity index (χ0) is 80.0. The molecule has 3 heterocycles. The van der Waals surface area contributed by atoms with Crippen LogP contribution in [0.4, 0.5) is 0 Å². The molecule has 43 heteroatoms. The minimum atomic E-state index is -1.81. The van der Waals surface area contributed by atoms with Crippen molar-refractivity contribution >= 4 is 118 Å². The predicted octanol–water partition coefficient (Wildman–Crippen LogP) is -8.35. The van der Waals surface area contributed by atoms with Crippen LogP contribution in [0, 0.1) is 11.8 Å². The molecule has 2 aliphatic heterocycles. The number of rotatable bonds is 50. The van der Waals surface area contributed by atoms with Gasteiger partial charge in [-0.25, -0.2) is 9.78 Å². The Morgan fingerprint density at radius 3 is 1.40 bits per heavy atom. The van der Waals surface area contributed by atoms with E-state index in [4.69, 9.17) is 51.6 Å². The van der Waals surface area contributed by atoms with Crippen LogP contribution in [0.25, 0.3) is 0 Å². The third kappa shape index (κ3) is 33.6. The van der Waals surface area contributed by atoms with E-state index in [9.17, 15) is 77.0 Å². The van der Waals surface area contributed by atoms with Gasteiger partial charge in [-0.3, -0.25) is 82.1 Å². The summed E-state index contributed by atoms with van der Waals surface area (Å²) >= 11 is 1.31. The van der Waals surface area contributed by atoms with Gasteiger partial charge in [0.1, 0.15) is 66.5 Å². The van der Waals surface area contributed by atoms with E-state index in [2.05, 4.69) is 83.4 Å². The number of nitrogens with zero attached hydrogens (tertiary/aromatic N) is 5. The summed E-state index contributed by atoms with van der Waals surface area (Å²) in [6.07, 6.45) is 2.99. The van der Waals surface area contributed by atoms with Crippen LogP contribution in [0.2, 0.25) is 0 Å². The number of carbonyl (C=O) groups is 15. The molecule has 14 amide bonds. The third-order valence-electron chi connectivity index (χ3n) is 17.3. The fourth-order valence-corrected chi connectivity index (χ4v) is 12.0. The molecular formula is C64H110N26O16S. The number of nitrogens with one attached hydrogen (secondary N) is 12. The van der Waals surface area contributed by atoms with Crippen molar-refractivity contribution in [3.8, 4) is 0 Å². The standard InChI is InChI=1S/C64H110N26O16S/c1-6-33(4)49(89-53(97)37(14-9-23-78-64(72)73)82-56(100)43(28-47(66)92)87-55(99)42(27-34-30-74-31-79-34)88-58(102)45-16-11-24-90(45)60(104)39-15-10-20-75-39)59(103)83-38(17-18-46(65)91)52(96)81-35(12-7-21-76-62(68)69)50(94)80-36(13-8-22-77-63(70)71)51(95)85-41(26-32(2)3)54(98)86-44(29-48(67)93)57(101)84-40(61(105)106)19-25-107-5/h30-33,35-45,49,75H,6-29H2,1-5H3,(H2,65,91)(H2,66,92)(H2,67,93)(H,74,79)(H,80,94)(H,81,96)(H,82,100)(H,83,103)(H,84,101)(H,85,95)(H,86,98)(H,87,99)(H,88,102)(H,89,97)(H,105,106)(H4,68,69,76)(H4,70,71,77)(H4,72,73,78)/t33-,35-,36-,37-,38-,39-,40-,41-,42-,43-,44-,45-,49-/m0/s1. The molecule has 42 nitrogen and oxygen atoms in total. The maximum Gasteiger partial charge on any atom is 0.326 e. The first-order valence-electron chi connectivity index (χ1n) is 35.3. The Bertz CT molecular complexity index is 3290. The molecule has 0 aromatic carbocycles. The number of aromatic nitrogens is 2. The molecule has 1 aromatic heterocycles. The minimum absolute atomic E-state index is 0.00627. The summed E-state index contributed by atoms with van der Waals surface area (Å²) in [6, 6.07) is -17.4. The number of carboxylic acids is 1. The molecular weight excluding hydrogens is 1420 g/mol. The molecule has 0 radical (unpaired) electrons.